The molecule has 202 valence electrons. The third-order valence-electron chi connectivity index (χ3n) is 6.12. The quantitative estimate of drug-likeness (QED) is 0.495. The molecular formula is C25H28F6N4O2. The Labute approximate surface area is 210 Å². The van der Waals surface area contributed by atoms with Crippen LogP contribution in [0, 0.1) is 0 Å². The van der Waals surface area contributed by atoms with E-state index in [-0.39, 0.29) is 49.1 Å². The van der Waals surface area contributed by atoms with Crippen molar-refractivity contribution in [3.8, 4) is 0 Å². The monoisotopic (exact) mass is 530 g/mol. The van der Waals surface area contributed by atoms with Crippen LogP contribution in [-0.2, 0) is 23.6 Å². The Hall–Kier alpha value is -3.28. The van der Waals surface area contributed by atoms with Crippen molar-refractivity contribution < 1.29 is 35.9 Å². The van der Waals surface area contributed by atoms with Crippen molar-refractivity contribution in [1.29, 1.82) is 0 Å². The number of carbonyl (C=O) groups excluding carboxylic acids is 2. The van der Waals surface area contributed by atoms with Gasteiger partial charge in [-0.05, 0) is 55.2 Å². The summed E-state index contributed by atoms with van der Waals surface area (Å²) in [4.78, 5) is 27.9. The summed E-state index contributed by atoms with van der Waals surface area (Å²) in [5, 5.41) is 5.65. The third-order valence-corrected chi connectivity index (χ3v) is 6.12. The van der Waals surface area contributed by atoms with Crippen molar-refractivity contribution >= 4 is 17.6 Å². The third kappa shape index (κ3) is 8.66. The number of para-hydroxylation sites is 1. The number of likely N-dealkylation sites (tertiary alicyclic amines) is 1. The second kappa shape index (κ2) is 11.8. The number of likely N-dealkylation sites (N-methyl/N-ethyl adjacent to an activating group) is 1. The van der Waals surface area contributed by atoms with Gasteiger partial charge in [-0.15, -0.1) is 0 Å². The van der Waals surface area contributed by atoms with Crippen LogP contribution in [0.1, 0.15) is 29.5 Å². The van der Waals surface area contributed by atoms with Gasteiger partial charge >= 0.3 is 18.4 Å². The van der Waals surface area contributed by atoms with E-state index in [0.717, 1.165) is 0 Å². The second-order valence-corrected chi connectivity index (χ2v) is 8.99. The van der Waals surface area contributed by atoms with Crippen LogP contribution in [0.2, 0.25) is 0 Å². The molecule has 0 saturated carbocycles. The summed E-state index contributed by atoms with van der Waals surface area (Å²) >= 11 is 0. The van der Waals surface area contributed by atoms with Crippen molar-refractivity contribution in [3.63, 3.8) is 0 Å². The molecular weight excluding hydrogens is 502 g/mol. The van der Waals surface area contributed by atoms with Gasteiger partial charge in [0.05, 0.1) is 17.7 Å². The molecule has 0 bridgehead atoms. The number of hydrogen-bond donors (Lipinski definition) is 2. The summed E-state index contributed by atoms with van der Waals surface area (Å²) in [7, 11) is 1.46. The number of alkyl halides is 6. The van der Waals surface area contributed by atoms with E-state index < -0.39 is 23.5 Å². The SMILES string of the molecule is CN(CCc1cc(C(F)(F)F)cc(C(F)(F)F)c1)C(=O)CN1CCC(NC(=O)Nc2ccccc2)CC1. The maximum absolute atomic E-state index is 13.1. The number of nitrogens with zero attached hydrogens (tertiary/aromatic N) is 2. The molecule has 3 rings (SSSR count). The lowest BCUT2D eigenvalue weighted by Gasteiger charge is -2.32. The van der Waals surface area contributed by atoms with E-state index in [1.54, 1.807) is 12.1 Å². The van der Waals surface area contributed by atoms with Gasteiger partial charge in [-0.2, -0.15) is 26.3 Å². The van der Waals surface area contributed by atoms with Crippen LogP contribution in [0.4, 0.5) is 36.8 Å². The Morgan fingerprint density at radius 2 is 1.51 bits per heavy atom. The molecule has 1 fully saturated rings. The Bertz CT molecular complexity index is 1030. The van der Waals surface area contributed by atoms with E-state index in [1.807, 2.05) is 23.1 Å². The smallest absolute Gasteiger partial charge is 0.344 e. The molecule has 0 radical (unpaired) electrons. The van der Waals surface area contributed by atoms with E-state index in [2.05, 4.69) is 10.6 Å². The lowest BCUT2D eigenvalue weighted by molar-refractivity contribution is -0.143. The topological polar surface area (TPSA) is 64.7 Å². The highest BCUT2D eigenvalue weighted by Gasteiger charge is 2.37. The fourth-order valence-corrected chi connectivity index (χ4v) is 4.01. The number of carbonyl (C=O) groups is 2. The zero-order valence-corrected chi connectivity index (χ0v) is 20.1. The molecule has 0 atom stereocenters. The van der Waals surface area contributed by atoms with Crippen LogP contribution in [0.25, 0.3) is 0 Å². The summed E-state index contributed by atoms with van der Waals surface area (Å²) in [5.41, 5.74) is -2.23. The number of benzene rings is 2. The van der Waals surface area contributed by atoms with E-state index in [4.69, 9.17) is 0 Å². The average Bonchev–Trinajstić information content (AvgIpc) is 2.83. The lowest BCUT2D eigenvalue weighted by atomic mass is 10.0. The van der Waals surface area contributed by atoms with Crippen LogP contribution in [0.5, 0.6) is 0 Å². The van der Waals surface area contributed by atoms with E-state index in [9.17, 15) is 35.9 Å². The summed E-state index contributed by atoms with van der Waals surface area (Å²) < 4.78 is 78.3. The Morgan fingerprint density at radius 1 is 0.946 bits per heavy atom. The maximum atomic E-state index is 13.1. The number of nitrogens with one attached hydrogen (secondary N) is 2. The molecule has 0 unspecified atom stereocenters. The number of piperidine rings is 1. The minimum Gasteiger partial charge on any atom is -0.344 e. The predicted molar refractivity (Wildman–Crippen MR) is 126 cm³/mol. The largest absolute Gasteiger partial charge is 0.416 e. The van der Waals surface area contributed by atoms with Gasteiger partial charge in [0.1, 0.15) is 0 Å². The lowest BCUT2D eigenvalue weighted by Crippen LogP contribution is -2.48. The van der Waals surface area contributed by atoms with Crippen LogP contribution >= 0.6 is 0 Å². The first-order chi connectivity index (χ1) is 17.3. The van der Waals surface area contributed by atoms with Gasteiger partial charge in [-0.3, -0.25) is 9.69 Å². The summed E-state index contributed by atoms with van der Waals surface area (Å²) in [5.74, 6) is -0.295. The molecule has 2 aromatic carbocycles. The van der Waals surface area contributed by atoms with Gasteiger partial charge < -0.3 is 15.5 Å². The molecule has 37 heavy (non-hydrogen) atoms. The van der Waals surface area contributed by atoms with Crippen LogP contribution in [-0.4, -0.2) is 61.0 Å². The van der Waals surface area contributed by atoms with Gasteiger partial charge in [0.2, 0.25) is 5.91 Å². The van der Waals surface area contributed by atoms with Crippen LogP contribution < -0.4 is 10.6 Å². The molecule has 12 heteroatoms. The zero-order valence-electron chi connectivity index (χ0n) is 20.1. The molecule has 1 aliphatic rings. The average molecular weight is 531 g/mol. The Kier molecular flexibility index (Phi) is 9.06. The highest BCUT2D eigenvalue weighted by Crippen LogP contribution is 2.36. The van der Waals surface area contributed by atoms with Gasteiger partial charge in [-0.1, -0.05) is 18.2 Å². The van der Waals surface area contributed by atoms with E-state index in [0.29, 0.717) is 43.8 Å². The highest BCUT2D eigenvalue weighted by atomic mass is 19.4. The van der Waals surface area contributed by atoms with Crippen molar-refractivity contribution in [1.82, 2.24) is 15.1 Å². The first-order valence-electron chi connectivity index (χ1n) is 11.7. The summed E-state index contributed by atoms with van der Waals surface area (Å²) in [6.45, 7) is 1.14. The van der Waals surface area contributed by atoms with Crippen LogP contribution in [0.15, 0.2) is 48.5 Å². The van der Waals surface area contributed by atoms with Crippen molar-refractivity contribution in [3.05, 3.63) is 65.2 Å². The van der Waals surface area contributed by atoms with Crippen molar-refractivity contribution in [2.75, 3.05) is 38.5 Å². The standard InChI is InChI=1S/C25H28F6N4O2/c1-34(10-7-17-13-18(24(26,27)28)15-19(14-17)25(29,30)31)22(36)16-35-11-8-21(9-12-35)33-23(37)32-20-5-3-2-4-6-20/h2-6,13-15,21H,7-12,16H2,1H3,(H2,32,33,37). The number of halogens is 6. The fourth-order valence-electron chi connectivity index (χ4n) is 4.01. The van der Waals surface area contributed by atoms with Crippen LogP contribution in [0.3, 0.4) is 0 Å². The molecule has 2 aromatic rings. The molecule has 0 spiro atoms. The molecule has 6 nitrogen and oxygen atoms in total. The Balaban J connectivity index is 1.46. The molecule has 3 amide bonds. The number of urea groups is 1. The molecule has 1 saturated heterocycles. The number of amides is 3. The predicted octanol–water partition coefficient (Wildman–Crippen LogP) is 5.01. The fraction of sp³-hybridized carbons (Fsp3) is 0.440. The first kappa shape index (κ1) is 28.3. The van der Waals surface area contributed by atoms with E-state index >= 15 is 0 Å². The minimum atomic E-state index is -4.92. The minimum absolute atomic E-state index is 0.0326. The van der Waals surface area contributed by atoms with Crippen molar-refractivity contribution in [2.45, 2.75) is 37.7 Å². The second-order valence-electron chi connectivity index (χ2n) is 8.99. The van der Waals surface area contributed by atoms with Gasteiger partial charge in [0, 0.05) is 38.4 Å². The van der Waals surface area contributed by atoms with E-state index in [1.165, 1.54) is 11.9 Å². The molecule has 0 aliphatic carbocycles. The Morgan fingerprint density at radius 3 is 2.05 bits per heavy atom. The maximum Gasteiger partial charge on any atom is 0.416 e. The number of anilines is 1. The van der Waals surface area contributed by atoms with Gasteiger partial charge in [0.25, 0.3) is 0 Å². The van der Waals surface area contributed by atoms with Crippen molar-refractivity contribution in [2.24, 2.45) is 0 Å². The molecule has 0 aromatic heterocycles. The number of hydrogen-bond acceptors (Lipinski definition) is 3. The molecule has 1 heterocycles. The summed E-state index contributed by atoms with van der Waals surface area (Å²) in [6.07, 6.45) is -8.73. The first-order valence-corrected chi connectivity index (χ1v) is 11.7. The van der Waals surface area contributed by atoms with Gasteiger partial charge in [-0.25, -0.2) is 4.79 Å². The molecule has 2 N–H and O–H groups in total. The zero-order chi connectivity index (χ0) is 27.2. The normalized spacial score (nSPS) is 15.3. The summed E-state index contributed by atoms with van der Waals surface area (Å²) in [6, 6.07) is 10.1. The molecule has 1 aliphatic heterocycles. The van der Waals surface area contributed by atoms with Gasteiger partial charge in [0.15, 0.2) is 0 Å². The number of rotatable bonds is 7. The highest BCUT2D eigenvalue weighted by molar-refractivity contribution is 5.89.